The molecule has 104 valence electrons. The molecule has 1 heterocycles. The topological polar surface area (TPSA) is 35.6 Å². The van der Waals surface area contributed by atoms with Crippen molar-refractivity contribution in [1.29, 1.82) is 0 Å². The number of carbonyl (C=O) groups excluding carboxylic acids is 1. The first-order chi connectivity index (χ1) is 8.69. The highest BCUT2D eigenvalue weighted by Crippen LogP contribution is 2.36. The summed E-state index contributed by atoms with van der Waals surface area (Å²) in [6.45, 7) is 4.86. The number of nitrogens with one attached hydrogen (secondary N) is 1. The van der Waals surface area contributed by atoms with Crippen molar-refractivity contribution in [2.45, 2.75) is 31.2 Å². The Labute approximate surface area is 115 Å². The maximum atomic E-state index is 12.5. The molecule has 4 nitrogen and oxygen atoms in total. The predicted molar refractivity (Wildman–Crippen MR) is 77.1 cm³/mol. The molecule has 0 radical (unpaired) electrons. The minimum Gasteiger partial charge on any atom is -0.354 e. The van der Waals surface area contributed by atoms with Crippen molar-refractivity contribution in [2.75, 3.05) is 45.5 Å². The highest BCUT2D eigenvalue weighted by atomic mass is 32.1. The van der Waals surface area contributed by atoms with Crippen molar-refractivity contribution in [2.24, 2.45) is 0 Å². The van der Waals surface area contributed by atoms with Gasteiger partial charge in [-0.05, 0) is 19.9 Å². The van der Waals surface area contributed by atoms with Gasteiger partial charge >= 0.3 is 0 Å². The average molecular weight is 271 g/mol. The lowest BCUT2D eigenvalue weighted by Gasteiger charge is -2.44. The number of thiol groups is 1. The Morgan fingerprint density at radius 3 is 2.39 bits per heavy atom. The van der Waals surface area contributed by atoms with Gasteiger partial charge in [-0.25, -0.2) is 0 Å². The normalized spacial score (nSPS) is 25.2. The molecule has 0 aromatic heterocycles. The minimum absolute atomic E-state index is 0.218. The molecule has 1 aliphatic heterocycles. The van der Waals surface area contributed by atoms with Gasteiger partial charge in [-0.1, -0.05) is 12.8 Å². The van der Waals surface area contributed by atoms with Crippen LogP contribution in [0.25, 0.3) is 0 Å². The molecule has 0 unspecified atom stereocenters. The zero-order chi connectivity index (χ0) is 13.0. The molecule has 0 aromatic rings. The molecule has 1 saturated heterocycles. The second-order valence-electron chi connectivity index (χ2n) is 5.51. The van der Waals surface area contributed by atoms with Crippen molar-refractivity contribution >= 4 is 18.5 Å². The van der Waals surface area contributed by atoms with Gasteiger partial charge in [0.1, 0.15) is 5.54 Å². The number of hydrogen-bond donors (Lipinski definition) is 2. The molecule has 2 aliphatic rings. The highest BCUT2D eigenvalue weighted by molar-refractivity contribution is 7.80. The lowest BCUT2D eigenvalue weighted by Crippen LogP contribution is -2.62. The van der Waals surface area contributed by atoms with Crippen molar-refractivity contribution in [3.8, 4) is 0 Å². The van der Waals surface area contributed by atoms with Crippen molar-refractivity contribution in [3.63, 3.8) is 0 Å². The Balaban J connectivity index is 2.04. The Morgan fingerprint density at radius 1 is 1.22 bits per heavy atom. The van der Waals surface area contributed by atoms with E-state index in [1.807, 2.05) is 0 Å². The van der Waals surface area contributed by atoms with Gasteiger partial charge in [0.25, 0.3) is 0 Å². The molecule has 1 N–H and O–H groups in total. The van der Waals surface area contributed by atoms with Crippen molar-refractivity contribution < 1.29 is 4.79 Å². The number of carbonyl (C=O) groups is 1. The summed E-state index contributed by atoms with van der Waals surface area (Å²) in [5.41, 5.74) is -0.218. The third kappa shape index (κ3) is 2.83. The van der Waals surface area contributed by atoms with E-state index in [4.69, 9.17) is 0 Å². The zero-order valence-corrected chi connectivity index (χ0v) is 12.2. The monoisotopic (exact) mass is 271 g/mol. The van der Waals surface area contributed by atoms with Crippen LogP contribution in [0.3, 0.4) is 0 Å². The van der Waals surface area contributed by atoms with E-state index in [-0.39, 0.29) is 11.4 Å². The number of piperazine rings is 1. The minimum atomic E-state index is -0.218. The Bertz CT molecular complexity index is 284. The van der Waals surface area contributed by atoms with E-state index in [1.165, 1.54) is 12.8 Å². The molecule has 1 saturated carbocycles. The van der Waals surface area contributed by atoms with Gasteiger partial charge in [0, 0.05) is 38.5 Å². The fourth-order valence-electron chi connectivity index (χ4n) is 3.22. The lowest BCUT2D eigenvalue weighted by molar-refractivity contribution is -0.134. The standard InChI is InChI=1S/C13H25N3OS/c1-15-7-9-16(10-8-15)13(4-2-3-5-13)12(17)14-6-11-18/h18H,2-11H2,1H3,(H,14,17). The molecule has 0 spiro atoms. The van der Waals surface area contributed by atoms with Gasteiger partial charge in [-0.2, -0.15) is 12.6 Å². The molecular weight excluding hydrogens is 246 g/mol. The van der Waals surface area contributed by atoms with Crippen LogP contribution in [0.1, 0.15) is 25.7 Å². The van der Waals surface area contributed by atoms with E-state index in [0.29, 0.717) is 12.3 Å². The molecule has 5 heteroatoms. The van der Waals surface area contributed by atoms with Gasteiger partial charge < -0.3 is 10.2 Å². The number of amides is 1. The maximum absolute atomic E-state index is 12.5. The van der Waals surface area contributed by atoms with Crippen molar-refractivity contribution in [3.05, 3.63) is 0 Å². The second-order valence-corrected chi connectivity index (χ2v) is 5.96. The third-order valence-electron chi connectivity index (χ3n) is 4.36. The predicted octanol–water partition coefficient (Wildman–Crippen LogP) is 0.593. The molecule has 0 aromatic carbocycles. The molecule has 0 bridgehead atoms. The molecule has 0 atom stereocenters. The molecule has 2 rings (SSSR count). The first kappa shape index (κ1) is 14.2. The van der Waals surface area contributed by atoms with Crippen molar-refractivity contribution in [1.82, 2.24) is 15.1 Å². The summed E-state index contributed by atoms with van der Waals surface area (Å²) in [5, 5.41) is 3.05. The number of nitrogens with zero attached hydrogens (tertiary/aromatic N) is 2. The summed E-state index contributed by atoms with van der Waals surface area (Å²) in [4.78, 5) is 17.3. The van der Waals surface area contributed by atoms with E-state index in [1.54, 1.807) is 0 Å². The number of rotatable bonds is 4. The third-order valence-corrected chi connectivity index (χ3v) is 4.58. The summed E-state index contributed by atoms with van der Waals surface area (Å²) in [5.74, 6) is 0.948. The maximum Gasteiger partial charge on any atom is 0.240 e. The van der Waals surface area contributed by atoms with Gasteiger partial charge in [-0.3, -0.25) is 9.69 Å². The quantitative estimate of drug-likeness (QED) is 0.735. The Kier molecular flexibility index (Phi) is 4.92. The van der Waals surface area contributed by atoms with E-state index >= 15 is 0 Å². The van der Waals surface area contributed by atoms with E-state index < -0.39 is 0 Å². The van der Waals surface area contributed by atoms with Crippen LogP contribution in [0, 0.1) is 0 Å². The van der Waals surface area contributed by atoms with Gasteiger partial charge in [0.2, 0.25) is 5.91 Å². The SMILES string of the molecule is CN1CCN(C2(C(=O)NCCS)CCCC2)CC1. The van der Waals surface area contributed by atoms with Gasteiger partial charge in [-0.15, -0.1) is 0 Å². The van der Waals surface area contributed by atoms with E-state index in [0.717, 1.165) is 39.0 Å². The van der Waals surface area contributed by atoms with Crippen LogP contribution < -0.4 is 5.32 Å². The van der Waals surface area contributed by atoms with Crippen LogP contribution in [-0.4, -0.2) is 66.8 Å². The van der Waals surface area contributed by atoms with Crippen LogP contribution in [-0.2, 0) is 4.79 Å². The van der Waals surface area contributed by atoms with Crippen LogP contribution >= 0.6 is 12.6 Å². The first-order valence-electron chi connectivity index (χ1n) is 7.02. The summed E-state index contributed by atoms with van der Waals surface area (Å²) in [7, 11) is 2.15. The fourth-order valence-corrected chi connectivity index (χ4v) is 3.33. The zero-order valence-electron chi connectivity index (χ0n) is 11.3. The van der Waals surface area contributed by atoms with Crippen LogP contribution in [0.2, 0.25) is 0 Å². The molecular formula is C13H25N3OS. The molecule has 2 fully saturated rings. The fraction of sp³-hybridized carbons (Fsp3) is 0.923. The van der Waals surface area contributed by atoms with Gasteiger partial charge in [0.15, 0.2) is 0 Å². The number of likely N-dealkylation sites (N-methyl/N-ethyl adjacent to an activating group) is 1. The van der Waals surface area contributed by atoms with Crippen LogP contribution in [0.15, 0.2) is 0 Å². The van der Waals surface area contributed by atoms with Crippen LogP contribution in [0.5, 0.6) is 0 Å². The summed E-state index contributed by atoms with van der Waals surface area (Å²) in [6, 6.07) is 0. The second kappa shape index (κ2) is 6.26. The number of hydrogen-bond acceptors (Lipinski definition) is 4. The van der Waals surface area contributed by atoms with Crippen LogP contribution in [0.4, 0.5) is 0 Å². The molecule has 1 amide bonds. The van der Waals surface area contributed by atoms with Gasteiger partial charge in [0.05, 0.1) is 0 Å². The summed E-state index contributed by atoms with van der Waals surface area (Å²) >= 11 is 4.17. The van der Waals surface area contributed by atoms with E-state index in [2.05, 4.69) is 34.8 Å². The highest BCUT2D eigenvalue weighted by Gasteiger charge is 2.46. The molecule has 1 aliphatic carbocycles. The Hall–Kier alpha value is -0.260. The first-order valence-corrected chi connectivity index (χ1v) is 7.65. The smallest absolute Gasteiger partial charge is 0.240 e. The molecule has 18 heavy (non-hydrogen) atoms. The summed E-state index contributed by atoms with van der Waals surface area (Å²) in [6.07, 6.45) is 4.41. The average Bonchev–Trinajstić information content (AvgIpc) is 2.87. The summed E-state index contributed by atoms with van der Waals surface area (Å²) < 4.78 is 0. The lowest BCUT2D eigenvalue weighted by atomic mass is 9.92. The van der Waals surface area contributed by atoms with E-state index in [9.17, 15) is 4.79 Å². The Morgan fingerprint density at radius 2 is 1.83 bits per heavy atom. The largest absolute Gasteiger partial charge is 0.354 e.